The van der Waals surface area contributed by atoms with E-state index < -0.39 is 10.0 Å². The zero-order chi connectivity index (χ0) is 10.9. The number of thiazole rings is 1. The molecule has 10 heteroatoms. The van der Waals surface area contributed by atoms with Gasteiger partial charge in [-0.25, -0.2) is 13.4 Å². The van der Waals surface area contributed by atoms with E-state index in [4.69, 9.17) is 11.6 Å². The van der Waals surface area contributed by atoms with Gasteiger partial charge in [0.2, 0.25) is 0 Å². The van der Waals surface area contributed by atoms with Crippen LogP contribution in [0.25, 0.3) is 0 Å². The zero-order valence-corrected chi connectivity index (χ0v) is 10.1. The van der Waals surface area contributed by atoms with Gasteiger partial charge in [0.05, 0.1) is 12.4 Å². The van der Waals surface area contributed by atoms with Crippen LogP contribution in [0.15, 0.2) is 16.6 Å². The van der Waals surface area contributed by atoms with Gasteiger partial charge in [0.25, 0.3) is 10.0 Å². The highest BCUT2D eigenvalue weighted by atomic mass is 35.5. The van der Waals surface area contributed by atoms with Crippen molar-refractivity contribution in [2.45, 2.75) is 4.21 Å². The van der Waals surface area contributed by atoms with Crippen LogP contribution in [0.1, 0.15) is 0 Å². The predicted molar refractivity (Wildman–Crippen MR) is 57.8 cm³/mol. The quantitative estimate of drug-likeness (QED) is 0.921. The van der Waals surface area contributed by atoms with Crippen LogP contribution in [-0.2, 0) is 10.0 Å². The Labute approximate surface area is 98.2 Å². The van der Waals surface area contributed by atoms with Gasteiger partial charge in [-0.1, -0.05) is 27.4 Å². The van der Waals surface area contributed by atoms with E-state index in [1.165, 1.54) is 12.4 Å². The lowest BCUT2D eigenvalue weighted by Crippen LogP contribution is -2.10. The van der Waals surface area contributed by atoms with Crippen molar-refractivity contribution in [1.29, 1.82) is 0 Å². The molecule has 80 valence electrons. The second kappa shape index (κ2) is 4.00. The minimum absolute atomic E-state index is 0.0564. The van der Waals surface area contributed by atoms with Crippen LogP contribution in [0.3, 0.4) is 0 Å². The lowest BCUT2D eigenvalue weighted by molar-refractivity contribution is 0.603. The summed E-state index contributed by atoms with van der Waals surface area (Å²) in [6.07, 6.45) is 2.52. The molecular weight excluding hydrogens is 280 g/mol. The fourth-order valence-corrected chi connectivity index (χ4v) is 3.74. The number of halogens is 1. The van der Waals surface area contributed by atoms with E-state index in [0.29, 0.717) is 5.00 Å². The number of anilines is 1. The van der Waals surface area contributed by atoms with Gasteiger partial charge < -0.3 is 0 Å². The predicted octanol–water partition coefficient (Wildman–Crippen LogP) is 1.45. The molecule has 15 heavy (non-hydrogen) atoms. The van der Waals surface area contributed by atoms with E-state index in [1.807, 2.05) is 0 Å². The fraction of sp³-hybridized carbons (Fsp3) is 0. The summed E-state index contributed by atoms with van der Waals surface area (Å²) in [5.41, 5.74) is 0. The number of nitrogens with zero attached hydrogens (tertiary/aromatic N) is 3. The summed E-state index contributed by atoms with van der Waals surface area (Å²) < 4.78 is 29.4. The van der Waals surface area contributed by atoms with E-state index in [9.17, 15) is 8.42 Å². The highest BCUT2D eigenvalue weighted by Crippen LogP contribution is 2.25. The molecule has 0 aliphatic rings. The van der Waals surface area contributed by atoms with E-state index in [0.717, 1.165) is 22.9 Å². The number of nitrogens with one attached hydrogen (secondary N) is 1. The van der Waals surface area contributed by atoms with Crippen LogP contribution in [0.4, 0.5) is 5.00 Å². The van der Waals surface area contributed by atoms with Crippen LogP contribution in [0, 0.1) is 0 Å². The minimum Gasteiger partial charge on any atom is -0.267 e. The summed E-state index contributed by atoms with van der Waals surface area (Å²) in [6.45, 7) is 0. The van der Waals surface area contributed by atoms with E-state index >= 15 is 0 Å². The van der Waals surface area contributed by atoms with Crippen LogP contribution >= 0.6 is 34.5 Å². The van der Waals surface area contributed by atoms with E-state index in [2.05, 4.69) is 19.3 Å². The smallest absolute Gasteiger partial charge is 0.267 e. The summed E-state index contributed by atoms with van der Waals surface area (Å²) >= 11 is 7.38. The first kappa shape index (κ1) is 10.7. The van der Waals surface area contributed by atoms with Crippen molar-refractivity contribution in [3.8, 4) is 0 Å². The van der Waals surface area contributed by atoms with Crippen LogP contribution < -0.4 is 4.72 Å². The monoisotopic (exact) mass is 282 g/mol. The first-order valence-corrected chi connectivity index (χ1v) is 6.94. The molecule has 1 N–H and O–H groups in total. The molecule has 0 amide bonds. The van der Waals surface area contributed by atoms with Gasteiger partial charge >= 0.3 is 0 Å². The molecule has 2 rings (SSSR count). The summed E-state index contributed by atoms with van der Waals surface area (Å²) in [7, 11) is -3.61. The van der Waals surface area contributed by atoms with Gasteiger partial charge in [-0.15, -0.1) is 5.10 Å². The molecule has 0 aromatic carbocycles. The van der Waals surface area contributed by atoms with Crippen molar-refractivity contribution in [2.24, 2.45) is 0 Å². The Morgan fingerprint density at radius 1 is 1.40 bits per heavy atom. The molecule has 2 aromatic rings. The lowest BCUT2D eigenvalue weighted by atomic mass is 10.9. The van der Waals surface area contributed by atoms with Gasteiger partial charge in [-0.05, 0) is 0 Å². The van der Waals surface area contributed by atoms with E-state index in [-0.39, 0.29) is 8.68 Å². The van der Waals surface area contributed by atoms with Crippen LogP contribution in [0.5, 0.6) is 0 Å². The Balaban J connectivity index is 2.28. The Hall–Kier alpha value is -0.770. The third-order valence-electron chi connectivity index (χ3n) is 1.32. The van der Waals surface area contributed by atoms with E-state index in [1.54, 1.807) is 0 Å². The third-order valence-corrected chi connectivity index (χ3v) is 4.97. The first-order valence-electron chi connectivity index (χ1n) is 3.49. The Morgan fingerprint density at radius 3 is 2.73 bits per heavy atom. The molecular formula is C5H3ClN4O2S3. The highest BCUT2D eigenvalue weighted by molar-refractivity contribution is 7.94. The maximum absolute atomic E-state index is 11.7. The van der Waals surface area contributed by atoms with Gasteiger partial charge in [0, 0.05) is 11.5 Å². The van der Waals surface area contributed by atoms with Crippen LogP contribution in [-0.4, -0.2) is 23.0 Å². The molecule has 0 unspecified atom stereocenters. The maximum Gasteiger partial charge on any atom is 0.273 e. The molecule has 2 aromatic heterocycles. The van der Waals surface area contributed by atoms with Gasteiger partial charge in [0.1, 0.15) is 5.00 Å². The average molecular weight is 283 g/mol. The van der Waals surface area contributed by atoms with Gasteiger partial charge in [0.15, 0.2) is 8.68 Å². The molecule has 0 atom stereocenters. The molecule has 0 aliphatic heterocycles. The minimum atomic E-state index is -3.61. The molecule has 0 fully saturated rings. The average Bonchev–Trinajstić information content (AvgIpc) is 2.75. The Kier molecular flexibility index (Phi) is 2.87. The summed E-state index contributed by atoms with van der Waals surface area (Å²) in [5.74, 6) is 0. The van der Waals surface area contributed by atoms with Gasteiger partial charge in [-0.3, -0.25) is 4.72 Å². The normalized spacial score (nSPS) is 11.5. The molecule has 0 aliphatic carbocycles. The van der Waals surface area contributed by atoms with Crippen molar-refractivity contribution >= 4 is 49.5 Å². The van der Waals surface area contributed by atoms with Gasteiger partial charge in [-0.2, -0.15) is 0 Å². The largest absolute Gasteiger partial charge is 0.273 e. The molecule has 0 saturated heterocycles. The third kappa shape index (κ3) is 2.43. The fourth-order valence-electron chi connectivity index (χ4n) is 0.758. The molecule has 0 bridgehead atoms. The molecule has 0 radical (unpaired) electrons. The SMILES string of the molecule is O=S(=O)(Nc1cnns1)c1cnc(Cl)s1. The standard InChI is InChI=1S/C5H3ClN4O2S3/c6-5-7-2-4(13-5)15(11,12)9-3-1-8-10-14-3/h1-2,9H. The molecule has 0 spiro atoms. The zero-order valence-electron chi connectivity index (χ0n) is 6.92. The number of sulfonamides is 1. The lowest BCUT2D eigenvalue weighted by Gasteiger charge is -1.99. The maximum atomic E-state index is 11.7. The topological polar surface area (TPSA) is 84.8 Å². The van der Waals surface area contributed by atoms with Crippen molar-refractivity contribution in [3.63, 3.8) is 0 Å². The number of aromatic nitrogens is 3. The second-order valence-electron chi connectivity index (χ2n) is 2.32. The summed E-state index contributed by atoms with van der Waals surface area (Å²) in [4.78, 5) is 3.65. The first-order chi connectivity index (χ1) is 7.08. The molecule has 2 heterocycles. The van der Waals surface area contributed by atoms with Crippen LogP contribution in [0.2, 0.25) is 4.47 Å². The number of hydrogen-bond donors (Lipinski definition) is 1. The van der Waals surface area contributed by atoms with Crippen molar-refractivity contribution in [1.82, 2.24) is 14.6 Å². The van der Waals surface area contributed by atoms with Crippen molar-refractivity contribution in [3.05, 3.63) is 16.9 Å². The number of hydrogen-bond acceptors (Lipinski definition) is 7. The summed E-state index contributed by atoms with van der Waals surface area (Å²) in [5, 5.41) is 3.86. The highest BCUT2D eigenvalue weighted by Gasteiger charge is 2.18. The van der Waals surface area contributed by atoms with Crippen molar-refractivity contribution < 1.29 is 8.42 Å². The number of rotatable bonds is 3. The Bertz CT molecular complexity index is 549. The Morgan fingerprint density at radius 2 is 2.20 bits per heavy atom. The second-order valence-corrected chi connectivity index (χ2v) is 6.63. The summed E-state index contributed by atoms with van der Waals surface area (Å²) in [6, 6.07) is 0. The molecule has 0 saturated carbocycles. The molecule has 6 nitrogen and oxygen atoms in total. The van der Waals surface area contributed by atoms with Crippen molar-refractivity contribution in [2.75, 3.05) is 4.72 Å².